The van der Waals surface area contributed by atoms with E-state index in [0.29, 0.717) is 47.7 Å². The summed E-state index contributed by atoms with van der Waals surface area (Å²) in [5, 5.41) is 39.5. The molecule has 0 bridgehead atoms. The van der Waals surface area contributed by atoms with E-state index >= 15 is 4.79 Å². The third kappa shape index (κ3) is 10.2. The van der Waals surface area contributed by atoms with Crippen molar-refractivity contribution in [3.63, 3.8) is 0 Å². The van der Waals surface area contributed by atoms with Gasteiger partial charge in [0, 0.05) is 49.8 Å². The molecule has 12 nitrogen and oxygen atoms in total. The largest absolute Gasteiger partial charge is 0.459 e. The molecule has 0 aromatic heterocycles. The number of hydrogen-bond donors (Lipinski definition) is 3. The molecule has 5 aromatic rings. The second kappa shape index (κ2) is 22.3. The van der Waals surface area contributed by atoms with E-state index in [4.69, 9.17) is 24.2 Å². The predicted octanol–water partition coefficient (Wildman–Crippen LogP) is 10.00. The van der Waals surface area contributed by atoms with Crippen molar-refractivity contribution in [1.29, 1.82) is 5.26 Å². The van der Waals surface area contributed by atoms with E-state index in [9.17, 15) is 20.3 Å². The molecule has 1 fully saturated rings. The van der Waals surface area contributed by atoms with Crippen molar-refractivity contribution >= 4 is 28.5 Å². The fourth-order valence-electron chi connectivity index (χ4n) is 10.5. The van der Waals surface area contributed by atoms with Gasteiger partial charge in [0.25, 0.3) is 5.91 Å². The number of nitrogens with zero attached hydrogens (tertiary/aromatic N) is 3. The van der Waals surface area contributed by atoms with Gasteiger partial charge >= 0.3 is 6.09 Å². The van der Waals surface area contributed by atoms with Gasteiger partial charge in [-0.25, -0.2) is 4.79 Å². The molecule has 1 saturated carbocycles. The molecule has 68 heavy (non-hydrogen) atoms. The number of rotatable bonds is 20. The normalized spacial score (nSPS) is 21.9. The van der Waals surface area contributed by atoms with Crippen LogP contribution in [0.3, 0.4) is 0 Å². The number of aliphatic hydroxyl groups is 2. The van der Waals surface area contributed by atoms with Crippen LogP contribution in [0, 0.1) is 29.1 Å². The van der Waals surface area contributed by atoms with Crippen molar-refractivity contribution in [2.24, 2.45) is 22.9 Å². The van der Waals surface area contributed by atoms with Gasteiger partial charge in [-0.05, 0) is 114 Å². The Hall–Kier alpha value is -6.78. The first-order valence-electron chi connectivity index (χ1n) is 23.8. The number of carbonyl (C=O) groups excluding carboxylic acids is 2. The molecule has 2 amide bonds. The fraction of sp³-hybridized carbons (Fsp3) is 0.357. The standard InChI is InChI=1S/C56H60N4O8/c1-3-31-65-56-51(60(54(63)41-25-23-38(35-57)24-26-41)36-43-20-14-19-40-17-8-9-21-45(40)43)34-49(59-66-37-39-15-6-5-7-16-39)47-32-42(18-10-12-29-61)46(22-11-13-30-62)52(53(47)56)48-33-44(27-28-50(48)68-56)67-55(64)58-4-2/h3,5-9,14-17,19-21,23-28,32-33,42,46,51-53,61-62H,1,4,10-13,18,22,29-31,34,36-37H2,2H3,(H,58,64). The third-order valence-corrected chi connectivity index (χ3v) is 13.5. The summed E-state index contributed by atoms with van der Waals surface area (Å²) in [6.07, 6.45) is 7.86. The lowest BCUT2D eigenvalue weighted by Crippen LogP contribution is -2.70. The maximum absolute atomic E-state index is 15.6. The molecule has 3 aliphatic rings. The van der Waals surface area contributed by atoms with Crippen LogP contribution in [0.25, 0.3) is 10.8 Å². The van der Waals surface area contributed by atoms with Gasteiger partial charge in [-0.15, -0.1) is 6.58 Å². The van der Waals surface area contributed by atoms with Crippen LogP contribution >= 0.6 is 0 Å². The zero-order valence-electron chi connectivity index (χ0n) is 38.6. The lowest BCUT2D eigenvalue weighted by molar-refractivity contribution is -0.255. The molecule has 1 aliphatic heterocycles. The first-order chi connectivity index (χ1) is 33.3. The first-order valence-corrected chi connectivity index (χ1v) is 23.8. The number of ether oxygens (including phenoxy) is 3. The average Bonchev–Trinajstić information content (AvgIpc) is 3.36. The summed E-state index contributed by atoms with van der Waals surface area (Å²) >= 11 is 0. The molecular weight excluding hydrogens is 857 g/mol. The summed E-state index contributed by atoms with van der Waals surface area (Å²) < 4.78 is 20.6. The Balaban J connectivity index is 1.38. The molecule has 0 spiro atoms. The molecule has 352 valence electrons. The lowest BCUT2D eigenvalue weighted by Gasteiger charge is -2.60. The number of carbonyl (C=O) groups is 2. The number of unbranched alkanes of at least 4 members (excludes halogenated alkanes) is 2. The van der Waals surface area contributed by atoms with Gasteiger partial charge in [0.2, 0.25) is 5.79 Å². The van der Waals surface area contributed by atoms with E-state index in [1.54, 1.807) is 36.4 Å². The Labute approximate surface area is 398 Å². The SMILES string of the molecule is C=CCOC12Oc3ccc(OC(=O)NCC)cc3C3C(CCCCO)C(CCCCO)C=C(C(=NOCc4ccccc4)CC1N(Cc1cccc4ccccc14)C(=O)c1ccc(C#N)cc1)C32. The van der Waals surface area contributed by atoms with Crippen LogP contribution in [0.5, 0.6) is 11.5 Å². The number of nitriles is 1. The molecule has 12 heteroatoms. The number of fused-ring (bicyclic) bond motifs is 3. The molecule has 6 atom stereocenters. The van der Waals surface area contributed by atoms with Crippen molar-refractivity contribution in [3.05, 3.63) is 167 Å². The zero-order valence-corrected chi connectivity index (χ0v) is 38.6. The summed E-state index contributed by atoms with van der Waals surface area (Å²) in [5.41, 5.74) is 5.03. The minimum atomic E-state index is -1.55. The quantitative estimate of drug-likeness (QED) is 0.0392. The van der Waals surface area contributed by atoms with Crippen LogP contribution in [0.2, 0.25) is 0 Å². The summed E-state index contributed by atoms with van der Waals surface area (Å²) in [5.74, 6) is -1.95. The smallest absolute Gasteiger partial charge is 0.412 e. The molecule has 8 rings (SSSR count). The topological polar surface area (TPSA) is 163 Å². The minimum absolute atomic E-state index is 0.00421. The number of allylic oxidation sites excluding steroid dienone is 1. The summed E-state index contributed by atoms with van der Waals surface area (Å²) in [7, 11) is 0. The zero-order chi connectivity index (χ0) is 47.5. The van der Waals surface area contributed by atoms with Crippen LogP contribution in [0.1, 0.15) is 90.4 Å². The number of aliphatic hydroxyl groups excluding tert-OH is 2. The highest BCUT2D eigenvalue weighted by Crippen LogP contribution is 2.62. The molecule has 0 saturated heterocycles. The van der Waals surface area contributed by atoms with Crippen molar-refractivity contribution in [3.8, 4) is 17.6 Å². The van der Waals surface area contributed by atoms with E-state index in [1.807, 2.05) is 78.6 Å². The van der Waals surface area contributed by atoms with Crippen LogP contribution < -0.4 is 14.8 Å². The van der Waals surface area contributed by atoms with Crippen molar-refractivity contribution in [2.75, 3.05) is 26.4 Å². The van der Waals surface area contributed by atoms with Gasteiger partial charge in [0.05, 0.1) is 29.9 Å². The van der Waals surface area contributed by atoms with E-state index in [-0.39, 0.29) is 63.1 Å². The number of benzene rings is 5. The van der Waals surface area contributed by atoms with Gasteiger partial charge in [-0.2, -0.15) is 5.26 Å². The first kappa shape index (κ1) is 47.7. The van der Waals surface area contributed by atoms with Crippen LogP contribution in [-0.2, 0) is 22.7 Å². The summed E-state index contributed by atoms with van der Waals surface area (Å²) in [6.45, 7) is 6.87. The Morgan fingerprint density at radius 1 is 0.941 bits per heavy atom. The molecule has 6 unspecified atom stereocenters. The van der Waals surface area contributed by atoms with Crippen LogP contribution in [0.15, 0.2) is 145 Å². The van der Waals surface area contributed by atoms with Gasteiger partial charge < -0.3 is 39.5 Å². The fourth-order valence-corrected chi connectivity index (χ4v) is 10.5. The Bertz CT molecular complexity index is 2660. The maximum atomic E-state index is 15.6. The van der Waals surface area contributed by atoms with Gasteiger partial charge in [0.15, 0.2) is 0 Å². The lowest BCUT2D eigenvalue weighted by atomic mass is 9.55. The van der Waals surface area contributed by atoms with Gasteiger partial charge in [0.1, 0.15) is 24.1 Å². The molecular formula is C56H60N4O8. The second-order valence-corrected chi connectivity index (χ2v) is 17.7. The van der Waals surface area contributed by atoms with E-state index in [1.165, 1.54) is 0 Å². The van der Waals surface area contributed by atoms with E-state index in [0.717, 1.165) is 58.7 Å². The highest BCUT2D eigenvalue weighted by molar-refractivity contribution is 6.03. The molecule has 5 aromatic carbocycles. The minimum Gasteiger partial charge on any atom is -0.459 e. The number of hydrogen-bond acceptors (Lipinski definition) is 10. The van der Waals surface area contributed by atoms with Gasteiger partial charge in [-0.1, -0.05) is 103 Å². The number of nitrogens with one attached hydrogen (secondary N) is 1. The van der Waals surface area contributed by atoms with E-state index < -0.39 is 23.8 Å². The Morgan fingerprint density at radius 2 is 1.69 bits per heavy atom. The average molecular weight is 917 g/mol. The number of oxime groups is 1. The van der Waals surface area contributed by atoms with Gasteiger partial charge in [-0.3, -0.25) is 4.79 Å². The number of amides is 2. The van der Waals surface area contributed by atoms with Crippen molar-refractivity contribution in [2.45, 2.75) is 82.8 Å². The maximum Gasteiger partial charge on any atom is 0.412 e. The monoisotopic (exact) mass is 916 g/mol. The van der Waals surface area contributed by atoms with Crippen LogP contribution in [0.4, 0.5) is 4.79 Å². The van der Waals surface area contributed by atoms with Crippen molar-refractivity contribution in [1.82, 2.24) is 10.2 Å². The molecule has 3 N–H and O–H groups in total. The molecule has 2 aliphatic carbocycles. The Morgan fingerprint density at radius 3 is 2.44 bits per heavy atom. The Kier molecular flexibility index (Phi) is 15.7. The predicted molar refractivity (Wildman–Crippen MR) is 261 cm³/mol. The van der Waals surface area contributed by atoms with E-state index in [2.05, 4.69) is 42.2 Å². The van der Waals surface area contributed by atoms with Crippen LogP contribution in [-0.4, -0.2) is 71.0 Å². The second-order valence-electron chi connectivity index (χ2n) is 17.7. The van der Waals surface area contributed by atoms with Crippen molar-refractivity contribution < 1.29 is 38.9 Å². The highest BCUT2D eigenvalue weighted by Gasteiger charge is 2.65. The highest BCUT2D eigenvalue weighted by atomic mass is 16.7. The third-order valence-electron chi connectivity index (χ3n) is 13.5. The molecule has 1 heterocycles. The summed E-state index contributed by atoms with van der Waals surface area (Å²) in [4.78, 5) is 36.7. The summed E-state index contributed by atoms with van der Waals surface area (Å²) in [6, 6.07) is 37.5. The molecule has 0 radical (unpaired) electrons.